The van der Waals surface area contributed by atoms with Crippen molar-refractivity contribution >= 4 is 0 Å². The molecular weight excluding hydrogens is 220 g/mol. The molecule has 2 nitrogen and oxygen atoms in total. The van der Waals surface area contributed by atoms with Crippen LogP contribution in [0.15, 0.2) is 54.6 Å². The molecule has 0 radical (unpaired) electrons. The topological polar surface area (TPSA) is 38.0 Å². The fraction of sp³-hybridized carbons (Fsp3) is 0.250. The maximum absolute atomic E-state index is 5.73. The Morgan fingerprint density at radius 1 is 0.833 bits per heavy atom. The fourth-order valence-electron chi connectivity index (χ4n) is 2.05. The van der Waals surface area contributed by atoms with Gasteiger partial charge in [0.25, 0.3) is 0 Å². The van der Waals surface area contributed by atoms with Crippen molar-refractivity contribution in [1.82, 2.24) is 5.32 Å². The molecule has 0 atom stereocenters. The van der Waals surface area contributed by atoms with E-state index in [4.69, 9.17) is 5.73 Å². The SMILES string of the molecule is NCc1ccccc1CCNCc1ccccc1. The second-order valence-electron chi connectivity index (χ2n) is 4.39. The Morgan fingerprint density at radius 3 is 2.22 bits per heavy atom. The van der Waals surface area contributed by atoms with Gasteiger partial charge >= 0.3 is 0 Å². The van der Waals surface area contributed by atoms with Gasteiger partial charge in [-0.25, -0.2) is 0 Å². The standard InChI is InChI=1S/C16H20N2/c17-12-16-9-5-4-8-15(16)10-11-18-13-14-6-2-1-3-7-14/h1-9,18H,10-13,17H2. The zero-order chi connectivity index (χ0) is 12.6. The van der Waals surface area contributed by atoms with E-state index in [0.717, 1.165) is 19.5 Å². The smallest absolute Gasteiger partial charge is 0.0205 e. The average molecular weight is 240 g/mol. The van der Waals surface area contributed by atoms with Gasteiger partial charge in [-0.3, -0.25) is 0 Å². The van der Waals surface area contributed by atoms with Crippen LogP contribution in [0.1, 0.15) is 16.7 Å². The van der Waals surface area contributed by atoms with Crippen molar-refractivity contribution in [3.8, 4) is 0 Å². The molecule has 18 heavy (non-hydrogen) atoms. The van der Waals surface area contributed by atoms with E-state index in [1.54, 1.807) is 0 Å². The first-order valence-electron chi connectivity index (χ1n) is 6.41. The van der Waals surface area contributed by atoms with E-state index in [1.807, 2.05) is 12.1 Å². The molecule has 0 bridgehead atoms. The van der Waals surface area contributed by atoms with E-state index in [9.17, 15) is 0 Å². The molecule has 0 saturated heterocycles. The lowest BCUT2D eigenvalue weighted by molar-refractivity contribution is 0.684. The molecule has 0 aromatic heterocycles. The van der Waals surface area contributed by atoms with Crippen molar-refractivity contribution < 1.29 is 0 Å². The van der Waals surface area contributed by atoms with Crippen LogP contribution in [0.4, 0.5) is 0 Å². The summed E-state index contributed by atoms with van der Waals surface area (Å²) in [5.74, 6) is 0. The molecule has 2 heteroatoms. The maximum Gasteiger partial charge on any atom is 0.0205 e. The third-order valence-electron chi connectivity index (χ3n) is 3.08. The molecule has 94 valence electrons. The Morgan fingerprint density at radius 2 is 1.50 bits per heavy atom. The van der Waals surface area contributed by atoms with Crippen LogP contribution in [0.2, 0.25) is 0 Å². The Kier molecular flexibility index (Phi) is 4.94. The summed E-state index contributed by atoms with van der Waals surface area (Å²) in [6.07, 6.45) is 1.03. The molecular formula is C16H20N2. The lowest BCUT2D eigenvalue weighted by Crippen LogP contribution is -2.17. The first-order chi connectivity index (χ1) is 8.90. The molecule has 0 fully saturated rings. The summed E-state index contributed by atoms with van der Waals surface area (Å²) in [4.78, 5) is 0. The summed E-state index contributed by atoms with van der Waals surface area (Å²) >= 11 is 0. The first kappa shape index (κ1) is 12.8. The molecule has 0 aliphatic rings. The average Bonchev–Trinajstić information content (AvgIpc) is 2.45. The predicted molar refractivity (Wildman–Crippen MR) is 76.2 cm³/mol. The number of hydrogen-bond acceptors (Lipinski definition) is 2. The fourth-order valence-corrected chi connectivity index (χ4v) is 2.05. The summed E-state index contributed by atoms with van der Waals surface area (Å²) < 4.78 is 0. The third kappa shape index (κ3) is 3.69. The van der Waals surface area contributed by atoms with Gasteiger partial charge in [-0.1, -0.05) is 54.6 Å². The summed E-state index contributed by atoms with van der Waals surface area (Å²) in [6, 6.07) is 18.8. The van der Waals surface area contributed by atoms with E-state index >= 15 is 0 Å². The van der Waals surface area contributed by atoms with E-state index in [1.165, 1.54) is 16.7 Å². The van der Waals surface area contributed by atoms with Crippen molar-refractivity contribution in [2.75, 3.05) is 6.54 Å². The van der Waals surface area contributed by atoms with Gasteiger partial charge in [0.05, 0.1) is 0 Å². The van der Waals surface area contributed by atoms with Crippen molar-refractivity contribution in [3.05, 3.63) is 71.3 Å². The highest BCUT2D eigenvalue weighted by molar-refractivity contribution is 5.27. The van der Waals surface area contributed by atoms with Gasteiger partial charge in [0, 0.05) is 13.1 Å². The highest BCUT2D eigenvalue weighted by atomic mass is 14.8. The first-order valence-corrected chi connectivity index (χ1v) is 6.41. The molecule has 2 rings (SSSR count). The summed E-state index contributed by atoms with van der Waals surface area (Å²) in [7, 11) is 0. The Bertz CT molecular complexity index is 466. The molecule has 0 aliphatic heterocycles. The largest absolute Gasteiger partial charge is 0.326 e. The molecule has 0 unspecified atom stereocenters. The van der Waals surface area contributed by atoms with Gasteiger partial charge in [0.1, 0.15) is 0 Å². The number of benzene rings is 2. The molecule has 0 heterocycles. The minimum absolute atomic E-state index is 0.620. The summed E-state index contributed by atoms with van der Waals surface area (Å²) in [5, 5.41) is 3.46. The van der Waals surface area contributed by atoms with Crippen molar-refractivity contribution in [2.45, 2.75) is 19.5 Å². The lowest BCUT2D eigenvalue weighted by Gasteiger charge is -2.08. The monoisotopic (exact) mass is 240 g/mol. The molecule has 0 amide bonds. The Balaban J connectivity index is 1.78. The van der Waals surface area contributed by atoms with Crippen LogP contribution in [-0.4, -0.2) is 6.54 Å². The Hall–Kier alpha value is -1.64. The number of rotatable bonds is 6. The van der Waals surface area contributed by atoms with Crippen LogP contribution in [0.3, 0.4) is 0 Å². The van der Waals surface area contributed by atoms with Crippen molar-refractivity contribution in [2.24, 2.45) is 5.73 Å². The van der Waals surface area contributed by atoms with E-state index < -0.39 is 0 Å². The minimum Gasteiger partial charge on any atom is -0.326 e. The summed E-state index contributed by atoms with van der Waals surface area (Å²) in [6.45, 7) is 2.52. The highest BCUT2D eigenvalue weighted by Gasteiger charge is 1.99. The van der Waals surface area contributed by atoms with Crippen LogP contribution in [-0.2, 0) is 19.5 Å². The molecule has 0 saturated carbocycles. The van der Waals surface area contributed by atoms with E-state index in [-0.39, 0.29) is 0 Å². The third-order valence-corrected chi connectivity index (χ3v) is 3.08. The van der Waals surface area contributed by atoms with Crippen molar-refractivity contribution in [1.29, 1.82) is 0 Å². The lowest BCUT2D eigenvalue weighted by atomic mass is 10.0. The van der Waals surface area contributed by atoms with Gasteiger partial charge in [0.2, 0.25) is 0 Å². The number of hydrogen-bond donors (Lipinski definition) is 2. The Labute approximate surface area is 109 Å². The molecule has 2 aromatic carbocycles. The van der Waals surface area contributed by atoms with Crippen molar-refractivity contribution in [3.63, 3.8) is 0 Å². The van der Waals surface area contributed by atoms with Crippen LogP contribution in [0.5, 0.6) is 0 Å². The molecule has 0 aliphatic carbocycles. The van der Waals surface area contributed by atoms with Gasteiger partial charge in [0.15, 0.2) is 0 Å². The second kappa shape index (κ2) is 6.94. The highest BCUT2D eigenvalue weighted by Crippen LogP contribution is 2.08. The maximum atomic E-state index is 5.73. The molecule has 3 N–H and O–H groups in total. The summed E-state index contributed by atoms with van der Waals surface area (Å²) in [5.41, 5.74) is 9.65. The van der Waals surface area contributed by atoms with Crippen LogP contribution >= 0.6 is 0 Å². The van der Waals surface area contributed by atoms with Crippen LogP contribution < -0.4 is 11.1 Å². The second-order valence-corrected chi connectivity index (χ2v) is 4.39. The van der Waals surface area contributed by atoms with E-state index in [0.29, 0.717) is 6.54 Å². The molecule has 2 aromatic rings. The van der Waals surface area contributed by atoms with Crippen LogP contribution in [0, 0.1) is 0 Å². The van der Waals surface area contributed by atoms with Gasteiger partial charge in [-0.05, 0) is 29.7 Å². The normalized spacial score (nSPS) is 10.5. The predicted octanol–water partition coefficient (Wildman–Crippen LogP) is 2.48. The zero-order valence-electron chi connectivity index (χ0n) is 10.6. The van der Waals surface area contributed by atoms with Gasteiger partial charge in [-0.2, -0.15) is 0 Å². The zero-order valence-corrected chi connectivity index (χ0v) is 10.6. The molecule has 0 spiro atoms. The van der Waals surface area contributed by atoms with Gasteiger partial charge < -0.3 is 11.1 Å². The van der Waals surface area contributed by atoms with Crippen LogP contribution in [0.25, 0.3) is 0 Å². The quantitative estimate of drug-likeness (QED) is 0.761. The number of nitrogens with one attached hydrogen (secondary N) is 1. The van der Waals surface area contributed by atoms with E-state index in [2.05, 4.69) is 47.8 Å². The minimum atomic E-state index is 0.620. The number of nitrogens with two attached hydrogens (primary N) is 1. The van der Waals surface area contributed by atoms with Gasteiger partial charge in [-0.15, -0.1) is 0 Å².